The van der Waals surface area contributed by atoms with E-state index in [1.807, 2.05) is 44.2 Å². The van der Waals surface area contributed by atoms with Gasteiger partial charge in [-0.3, -0.25) is 4.79 Å². The van der Waals surface area contributed by atoms with Gasteiger partial charge in [-0.05, 0) is 43.2 Å². The van der Waals surface area contributed by atoms with Crippen molar-refractivity contribution >= 4 is 11.9 Å². The zero-order chi connectivity index (χ0) is 16.1. The van der Waals surface area contributed by atoms with Crippen LogP contribution >= 0.6 is 0 Å². The van der Waals surface area contributed by atoms with Crippen LogP contribution in [0.4, 0.5) is 0 Å². The standard InChI is InChI=1S/C18H19NO3/c1-12-9-15(11-16(10-12)18(21)22-3)17(20)19-13(2)14-7-5-4-6-8-14/h4-11,13H,1-3H3,(H,19,20)/t13-/m1/s1. The fourth-order valence-electron chi connectivity index (χ4n) is 2.25. The van der Waals surface area contributed by atoms with Gasteiger partial charge in [0.25, 0.3) is 5.91 Å². The largest absolute Gasteiger partial charge is 0.465 e. The molecule has 1 amide bonds. The monoisotopic (exact) mass is 297 g/mol. The Morgan fingerprint density at radius 1 is 1.05 bits per heavy atom. The van der Waals surface area contributed by atoms with E-state index in [0.29, 0.717) is 11.1 Å². The fourth-order valence-corrected chi connectivity index (χ4v) is 2.25. The second kappa shape index (κ2) is 6.89. The Labute approximate surface area is 130 Å². The molecule has 114 valence electrons. The van der Waals surface area contributed by atoms with Crippen LogP contribution in [0.15, 0.2) is 48.5 Å². The molecule has 0 spiro atoms. The van der Waals surface area contributed by atoms with Crippen molar-refractivity contribution < 1.29 is 14.3 Å². The molecular formula is C18H19NO3. The van der Waals surface area contributed by atoms with E-state index in [2.05, 4.69) is 5.32 Å². The number of methoxy groups -OCH3 is 1. The topological polar surface area (TPSA) is 55.4 Å². The average molecular weight is 297 g/mol. The molecule has 0 saturated heterocycles. The van der Waals surface area contributed by atoms with Gasteiger partial charge in [0, 0.05) is 5.56 Å². The van der Waals surface area contributed by atoms with Crippen molar-refractivity contribution in [2.45, 2.75) is 19.9 Å². The number of esters is 1. The zero-order valence-corrected chi connectivity index (χ0v) is 12.9. The number of hydrogen-bond donors (Lipinski definition) is 1. The van der Waals surface area contributed by atoms with Crippen molar-refractivity contribution in [3.63, 3.8) is 0 Å². The van der Waals surface area contributed by atoms with Crippen molar-refractivity contribution in [3.05, 3.63) is 70.8 Å². The van der Waals surface area contributed by atoms with Crippen LogP contribution in [-0.2, 0) is 4.74 Å². The maximum Gasteiger partial charge on any atom is 0.337 e. The highest BCUT2D eigenvalue weighted by Gasteiger charge is 2.14. The van der Waals surface area contributed by atoms with E-state index in [9.17, 15) is 9.59 Å². The summed E-state index contributed by atoms with van der Waals surface area (Å²) in [6.45, 7) is 3.76. The Kier molecular flexibility index (Phi) is 4.94. The van der Waals surface area contributed by atoms with Crippen LogP contribution in [0.5, 0.6) is 0 Å². The van der Waals surface area contributed by atoms with Crippen LogP contribution in [0.25, 0.3) is 0 Å². The molecule has 0 unspecified atom stereocenters. The van der Waals surface area contributed by atoms with Gasteiger partial charge in [0.2, 0.25) is 0 Å². The Bertz CT molecular complexity index is 680. The third kappa shape index (κ3) is 3.73. The molecule has 2 aromatic carbocycles. The van der Waals surface area contributed by atoms with Crippen LogP contribution in [0, 0.1) is 6.92 Å². The summed E-state index contributed by atoms with van der Waals surface area (Å²) in [5, 5.41) is 2.93. The summed E-state index contributed by atoms with van der Waals surface area (Å²) >= 11 is 0. The van der Waals surface area contributed by atoms with E-state index in [1.54, 1.807) is 18.2 Å². The molecule has 0 radical (unpaired) electrons. The SMILES string of the molecule is COC(=O)c1cc(C)cc(C(=O)N[C@H](C)c2ccccc2)c1. The Morgan fingerprint density at radius 2 is 1.68 bits per heavy atom. The third-order valence-corrected chi connectivity index (χ3v) is 3.41. The minimum atomic E-state index is -0.450. The van der Waals surface area contributed by atoms with Crippen molar-refractivity contribution in [2.24, 2.45) is 0 Å². The predicted molar refractivity (Wildman–Crippen MR) is 84.8 cm³/mol. The van der Waals surface area contributed by atoms with Crippen molar-refractivity contribution in [1.29, 1.82) is 0 Å². The minimum absolute atomic E-state index is 0.115. The van der Waals surface area contributed by atoms with E-state index < -0.39 is 5.97 Å². The lowest BCUT2D eigenvalue weighted by atomic mass is 10.0. The highest BCUT2D eigenvalue weighted by molar-refractivity contribution is 5.98. The molecule has 0 aromatic heterocycles. The number of ether oxygens (including phenoxy) is 1. The van der Waals surface area contributed by atoms with E-state index in [0.717, 1.165) is 11.1 Å². The summed E-state index contributed by atoms with van der Waals surface area (Å²) in [4.78, 5) is 24.0. The highest BCUT2D eigenvalue weighted by atomic mass is 16.5. The molecule has 0 aliphatic carbocycles. The van der Waals surface area contributed by atoms with E-state index >= 15 is 0 Å². The Morgan fingerprint density at radius 3 is 2.32 bits per heavy atom. The molecule has 22 heavy (non-hydrogen) atoms. The highest BCUT2D eigenvalue weighted by Crippen LogP contribution is 2.15. The summed E-state index contributed by atoms with van der Waals surface area (Å²) in [5.41, 5.74) is 2.68. The van der Waals surface area contributed by atoms with Crippen molar-refractivity contribution in [2.75, 3.05) is 7.11 Å². The molecule has 2 rings (SSSR count). The third-order valence-electron chi connectivity index (χ3n) is 3.41. The second-order valence-electron chi connectivity index (χ2n) is 5.19. The number of carbonyl (C=O) groups is 2. The number of hydrogen-bond acceptors (Lipinski definition) is 3. The fraction of sp³-hybridized carbons (Fsp3) is 0.222. The quantitative estimate of drug-likeness (QED) is 0.881. The van der Waals surface area contributed by atoms with Gasteiger partial charge in [0.1, 0.15) is 0 Å². The summed E-state index contributed by atoms with van der Waals surface area (Å²) in [6, 6.07) is 14.6. The minimum Gasteiger partial charge on any atom is -0.465 e. The lowest BCUT2D eigenvalue weighted by Gasteiger charge is -2.15. The number of amides is 1. The van der Waals surface area contributed by atoms with Gasteiger partial charge < -0.3 is 10.1 Å². The molecule has 0 aliphatic heterocycles. The summed E-state index contributed by atoms with van der Waals surface area (Å²) in [5.74, 6) is -0.668. The number of benzene rings is 2. The molecular weight excluding hydrogens is 278 g/mol. The summed E-state index contributed by atoms with van der Waals surface area (Å²) in [7, 11) is 1.32. The number of rotatable bonds is 4. The predicted octanol–water partition coefficient (Wildman–Crippen LogP) is 3.27. The van der Waals surface area contributed by atoms with Gasteiger partial charge in [-0.15, -0.1) is 0 Å². The molecule has 1 N–H and O–H groups in total. The van der Waals surface area contributed by atoms with Crippen LogP contribution in [0.1, 0.15) is 44.8 Å². The normalized spacial score (nSPS) is 11.6. The van der Waals surface area contributed by atoms with Crippen LogP contribution < -0.4 is 5.32 Å². The van der Waals surface area contributed by atoms with Gasteiger partial charge in [-0.2, -0.15) is 0 Å². The average Bonchev–Trinajstić information content (AvgIpc) is 2.54. The van der Waals surface area contributed by atoms with E-state index in [1.165, 1.54) is 7.11 Å². The van der Waals surface area contributed by atoms with Gasteiger partial charge in [-0.1, -0.05) is 30.3 Å². The Balaban J connectivity index is 2.19. The first-order chi connectivity index (χ1) is 10.5. The molecule has 4 heteroatoms. The van der Waals surface area contributed by atoms with Crippen LogP contribution in [0.3, 0.4) is 0 Å². The summed E-state index contributed by atoms with van der Waals surface area (Å²) < 4.78 is 4.71. The number of aryl methyl sites for hydroxylation is 1. The molecule has 0 aliphatic rings. The van der Waals surface area contributed by atoms with E-state index in [-0.39, 0.29) is 11.9 Å². The molecule has 0 saturated carbocycles. The molecule has 4 nitrogen and oxygen atoms in total. The van der Waals surface area contributed by atoms with Crippen LogP contribution in [-0.4, -0.2) is 19.0 Å². The second-order valence-corrected chi connectivity index (χ2v) is 5.19. The molecule has 0 bridgehead atoms. The van der Waals surface area contributed by atoms with Gasteiger partial charge >= 0.3 is 5.97 Å². The zero-order valence-electron chi connectivity index (χ0n) is 12.9. The molecule has 0 fully saturated rings. The lowest BCUT2D eigenvalue weighted by Crippen LogP contribution is -2.27. The molecule has 0 heterocycles. The van der Waals surface area contributed by atoms with Crippen molar-refractivity contribution in [3.8, 4) is 0 Å². The number of carbonyl (C=O) groups excluding carboxylic acids is 2. The Hall–Kier alpha value is -2.62. The van der Waals surface area contributed by atoms with Gasteiger partial charge in [0.05, 0.1) is 18.7 Å². The van der Waals surface area contributed by atoms with Gasteiger partial charge in [-0.25, -0.2) is 4.79 Å². The first-order valence-corrected chi connectivity index (χ1v) is 7.07. The van der Waals surface area contributed by atoms with E-state index in [4.69, 9.17) is 4.74 Å². The van der Waals surface area contributed by atoms with Gasteiger partial charge in [0.15, 0.2) is 0 Å². The maximum absolute atomic E-state index is 12.4. The van der Waals surface area contributed by atoms with Crippen molar-refractivity contribution in [1.82, 2.24) is 5.32 Å². The smallest absolute Gasteiger partial charge is 0.337 e. The lowest BCUT2D eigenvalue weighted by molar-refractivity contribution is 0.0600. The maximum atomic E-state index is 12.4. The molecule has 2 aromatic rings. The first-order valence-electron chi connectivity index (χ1n) is 7.07. The number of nitrogens with one attached hydrogen (secondary N) is 1. The molecule has 1 atom stereocenters. The van der Waals surface area contributed by atoms with Crippen LogP contribution in [0.2, 0.25) is 0 Å². The summed E-state index contributed by atoms with van der Waals surface area (Å²) in [6.07, 6.45) is 0. The first kappa shape index (κ1) is 15.8.